The highest BCUT2D eigenvalue weighted by Gasteiger charge is 2.44. The van der Waals surface area contributed by atoms with Crippen LogP contribution in [0.4, 0.5) is 5.82 Å². The van der Waals surface area contributed by atoms with E-state index in [2.05, 4.69) is 9.98 Å². The van der Waals surface area contributed by atoms with Crippen LogP contribution in [0.1, 0.15) is 28.2 Å². The fourth-order valence-electron chi connectivity index (χ4n) is 4.43. The second kappa shape index (κ2) is 6.73. The van der Waals surface area contributed by atoms with Gasteiger partial charge in [-0.1, -0.05) is 18.2 Å². The third-order valence-electron chi connectivity index (χ3n) is 5.90. The monoisotopic (exact) mass is 418 g/mol. The summed E-state index contributed by atoms with van der Waals surface area (Å²) < 4.78 is 12.4. The summed E-state index contributed by atoms with van der Waals surface area (Å²) in [6.45, 7) is 0. The molecule has 2 aliphatic rings. The van der Waals surface area contributed by atoms with Gasteiger partial charge in [0.05, 0.1) is 32.8 Å². The normalized spacial score (nSPS) is 16.4. The Bertz CT molecular complexity index is 1430. The highest BCUT2D eigenvalue weighted by molar-refractivity contribution is 6.21. The number of aromatic nitrogens is 2. The van der Waals surface area contributed by atoms with E-state index in [1.807, 2.05) is 24.3 Å². The van der Waals surface area contributed by atoms with Gasteiger partial charge in [-0.15, -0.1) is 0 Å². The summed E-state index contributed by atoms with van der Waals surface area (Å²) in [6.07, 6.45) is 0. The molecule has 0 radical (unpaired) electrons. The summed E-state index contributed by atoms with van der Waals surface area (Å²) in [6, 6.07) is 12.7. The number of H-pyrrole nitrogens is 1. The van der Waals surface area contributed by atoms with Crippen molar-refractivity contribution in [3.8, 4) is 11.5 Å². The first kappa shape index (κ1) is 18.9. The molecule has 0 saturated heterocycles. The number of nitrogens with zero attached hydrogens (tertiary/aromatic N) is 1. The van der Waals surface area contributed by atoms with Crippen molar-refractivity contribution in [2.75, 3.05) is 14.2 Å². The minimum Gasteiger partial charge on any atom is -0.507 e. The number of aliphatic hydroxyl groups excluding tert-OH is 1. The molecule has 3 aromatic rings. The Labute approximate surface area is 176 Å². The quantitative estimate of drug-likeness (QED) is 0.581. The van der Waals surface area contributed by atoms with Crippen LogP contribution in [0.25, 0.3) is 5.76 Å². The molecule has 2 heterocycles. The average Bonchev–Trinajstić information content (AvgIpc) is 3.08. The molecule has 156 valence electrons. The Morgan fingerprint density at radius 3 is 2.52 bits per heavy atom. The lowest BCUT2D eigenvalue weighted by molar-refractivity contribution is -0.364. The van der Waals surface area contributed by atoms with Gasteiger partial charge in [-0.25, -0.2) is 9.79 Å². The summed E-state index contributed by atoms with van der Waals surface area (Å²) in [5.74, 6) is 0.856. The van der Waals surface area contributed by atoms with Crippen LogP contribution in [-0.2, 0) is 7.05 Å². The molecule has 1 aromatic heterocycles. The molecule has 31 heavy (non-hydrogen) atoms. The van der Waals surface area contributed by atoms with Crippen LogP contribution in [0.15, 0.2) is 57.6 Å². The molecule has 1 atom stereocenters. The number of fused-ring (bicyclic) bond motifs is 4. The Kier molecular flexibility index (Phi) is 4.11. The van der Waals surface area contributed by atoms with E-state index < -0.39 is 17.2 Å². The maximum Gasteiger partial charge on any atom is 0.415 e. The van der Waals surface area contributed by atoms with Crippen molar-refractivity contribution in [3.05, 3.63) is 91.1 Å². The van der Waals surface area contributed by atoms with Gasteiger partial charge in [0.15, 0.2) is 0 Å². The lowest BCUT2D eigenvalue weighted by Gasteiger charge is -2.25. The van der Waals surface area contributed by atoms with Crippen LogP contribution in [0, 0.1) is 0 Å². The lowest BCUT2D eigenvalue weighted by Crippen LogP contribution is -2.72. The van der Waals surface area contributed by atoms with Crippen LogP contribution in [0.2, 0.25) is 0 Å². The number of aliphatic hydroxyl groups is 1. The van der Waals surface area contributed by atoms with Crippen LogP contribution < -0.4 is 25.7 Å². The number of ether oxygens (including phenoxy) is 2. The van der Waals surface area contributed by atoms with Gasteiger partial charge in [-0.3, -0.25) is 9.78 Å². The first-order valence-electron chi connectivity index (χ1n) is 9.68. The molecule has 1 aliphatic heterocycles. The topological polar surface area (TPSA) is 108 Å². The van der Waals surface area contributed by atoms with E-state index in [1.54, 1.807) is 39.5 Å². The molecule has 3 N–H and O–H groups in total. The molecule has 0 saturated carbocycles. The van der Waals surface area contributed by atoms with Crippen molar-refractivity contribution in [2.45, 2.75) is 5.92 Å². The first-order chi connectivity index (χ1) is 15.0. The van der Waals surface area contributed by atoms with E-state index in [-0.39, 0.29) is 5.76 Å². The number of nitrogens with one attached hydrogen (secondary N) is 2. The van der Waals surface area contributed by atoms with Crippen LogP contribution in [-0.4, -0.2) is 34.6 Å². The van der Waals surface area contributed by atoms with Crippen molar-refractivity contribution in [2.24, 2.45) is 7.05 Å². The molecule has 8 heteroatoms. The van der Waals surface area contributed by atoms with Crippen LogP contribution >= 0.6 is 0 Å². The second-order valence-electron chi connectivity index (χ2n) is 7.43. The maximum absolute atomic E-state index is 13.0. The zero-order chi connectivity index (χ0) is 21.9. The number of hydrogen-bond acceptors (Lipinski definition) is 5. The van der Waals surface area contributed by atoms with Crippen LogP contribution in [0.5, 0.6) is 11.5 Å². The number of allylic oxidation sites excluding steroid dienone is 1. The van der Waals surface area contributed by atoms with E-state index in [1.165, 1.54) is 4.57 Å². The maximum atomic E-state index is 13.0. The zero-order valence-electron chi connectivity index (χ0n) is 17.1. The summed E-state index contributed by atoms with van der Waals surface area (Å²) >= 11 is 0. The van der Waals surface area contributed by atoms with Crippen molar-refractivity contribution in [1.29, 1.82) is 0 Å². The molecule has 5 rings (SSSR count). The minimum atomic E-state index is -0.695. The highest BCUT2D eigenvalue weighted by atomic mass is 16.5. The van der Waals surface area contributed by atoms with Crippen molar-refractivity contribution in [1.82, 2.24) is 9.55 Å². The van der Waals surface area contributed by atoms with Gasteiger partial charge < -0.3 is 14.6 Å². The average molecular weight is 418 g/mol. The summed E-state index contributed by atoms with van der Waals surface area (Å²) in [5.41, 5.74) is 2.53. The van der Waals surface area contributed by atoms with E-state index >= 15 is 0 Å². The third-order valence-corrected chi connectivity index (χ3v) is 5.90. The van der Waals surface area contributed by atoms with Crippen molar-refractivity contribution < 1.29 is 19.6 Å². The largest absolute Gasteiger partial charge is 0.507 e. The second-order valence-corrected chi connectivity index (χ2v) is 7.43. The Morgan fingerprint density at radius 1 is 1.06 bits per heavy atom. The molecular formula is C23H20N3O5+. The predicted molar refractivity (Wildman–Crippen MR) is 114 cm³/mol. The molecule has 0 bridgehead atoms. The molecule has 1 aliphatic carbocycles. The van der Waals surface area contributed by atoms with Gasteiger partial charge >= 0.3 is 5.69 Å². The van der Waals surface area contributed by atoms with Crippen molar-refractivity contribution >= 4 is 17.3 Å². The van der Waals surface area contributed by atoms with E-state index in [4.69, 9.17) is 9.47 Å². The summed E-state index contributed by atoms with van der Waals surface area (Å²) in [4.78, 5) is 31.0. The Balaban J connectivity index is 1.94. The standard InChI is InChI=1S/C23H19N3O5/c1-26-21-18(22(28)25-23(26)29)16(14-10-11(30-2)8-9-15(14)31-3)17-19(24-21)12-6-4-5-7-13(12)20(17)27/h4-10,16,27H,1-3H3,(H,25,28,29)/p+1. The summed E-state index contributed by atoms with van der Waals surface area (Å²) in [7, 11) is 4.68. The predicted octanol–water partition coefficient (Wildman–Crippen LogP) is 0.720. The van der Waals surface area contributed by atoms with E-state index in [0.29, 0.717) is 45.3 Å². The molecule has 8 nitrogen and oxygen atoms in total. The van der Waals surface area contributed by atoms with E-state index in [9.17, 15) is 14.7 Å². The number of methoxy groups -OCH3 is 2. The van der Waals surface area contributed by atoms with Crippen molar-refractivity contribution in [3.63, 3.8) is 0 Å². The number of benzene rings is 2. The third kappa shape index (κ3) is 2.58. The molecule has 1 unspecified atom stereocenters. The minimum absolute atomic E-state index is 0.0758. The lowest BCUT2D eigenvalue weighted by atomic mass is 9.81. The van der Waals surface area contributed by atoms with Crippen LogP contribution in [0.3, 0.4) is 0 Å². The van der Waals surface area contributed by atoms with Gasteiger partial charge in [0.25, 0.3) is 11.4 Å². The highest BCUT2D eigenvalue weighted by Crippen LogP contribution is 2.46. The molecule has 0 fully saturated rings. The first-order valence-corrected chi connectivity index (χ1v) is 9.68. The Hall–Kier alpha value is -4.07. The fraction of sp³-hybridized carbons (Fsp3) is 0.174. The van der Waals surface area contributed by atoms with Gasteiger partial charge in [0.1, 0.15) is 28.5 Å². The van der Waals surface area contributed by atoms with Gasteiger partial charge in [0.2, 0.25) is 0 Å². The SMILES string of the molecule is COc1ccc(OC)c(C2C3=C(O)c4ccccc4C3=[NH+]c3c2c(=O)[nH]c(=O)n3C)c1. The molecule has 0 spiro atoms. The molecule has 0 amide bonds. The van der Waals surface area contributed by atoms with Gasteiger partial charge in [0, 0.05) is 16.7 Å². The smallest absolute Gasteiger partial charge is 0.415 e. The van der Waals surface area contributed by atoms with E-state index in [0.717, 1.165) is 5.56 Å². The fourth-order valence-corrected chi connectivity index (χ4v) is 4.43. The Morgan fingerprint density at radius 2 is 1.81 bits per heavy atom. The number of aromatic amines is 1. The molecular weight excluding hydrogens is 398 g/mol. The zero-order valence-corrected chi connectivity index (χ0v) is 17.1. The number of rotatable bonds is 3. The summed E-state index contributed by atoms with van der Waals surface area (Å²) in [5, 5.41) is 11.2. The molecule has 2 aromatic carbocycles. The number of hydrogen-bond donors (Lipinski definition) is 3. The van der Waals surface area contributed by atoms with Gasteiger partial charge in [-0.2, -0.15) is 4.57 Å². The van der Waals surface area contributed by atoms with Gasteiger partial charge in [-0.05, 0) is 24.3 Å².